The van der Waals surface area contributed by atoms with Crippen LogP contribution >= 0.6 is 0 Å². The Morgan fingerprint density at radius 1 is 1.09 bits per heavy atom. The van der Waals surface area contributed by atoms with Crippen LogP contribution in [0.1, 0.15) is 49.0 Å². The Balaban J connectivity index is 1.34. The number of H-pyrrole nitrogens is 1. The number of aromatic nitrogens is 1. The van der Waals surface area contributed by atoms with Crippen molar-refractivity contribution in [1.29, 1.82) is 0 Å². The van der Waals surface area contributed by atoms with E-state index in [4.69, 9.17) is 9.47 Å². The number of anilines is 1. The van der Waals surface area contributed by atoms with Crippen LogP contribution in [0.25, 0.3) is 10.9 Å². The Kier molecular flexibility index (Phi) is 7.32. The number of benzene rings is 1. The molecular weight excluding hydrogens is 408 g/mol. The lowest BCUT2D eigenvalue weighted by atomic mass is 9.94. The lowest BCUT2D eigenvalue weighted by Crippen LogP contribution is -2.51. The van der Waals surface area contributed by atoms with Crippen LogP contribution in [-0.2, 0) is 9.53 Å². The van der Waals surface area contributed by atoms with Gasteiger partial charge in [0.1, 0.15) is 11.4 Å². The van der Waals surface area contributed by atoms with Gasteiger partial charge in [0, 0.05) is 56.6 Å². The number of nitrogens with one attached hydrogen (secondary N) is 2. The standard InChI is InChI=1S/C24H34N4O4/c1-31-18-8-9-19-20(16-18)25-23(24(30)32-2)22(19)26-21(29)10-11-27-12-14-28(15-13-27)17-6-4-3-5-7-17/h8-9,16-17,25H,3-7,10-15H2,1-2H3,(H,26,29). The first-order valence-electron chi connectivity index (χ1n) is 11.6. The van der Waals surface area contributed by atoms with Crippen molar-refractivity contribution in [1.82, 2.24) is 14.8 Å². The van der Waals surface area contributed by atoms with Gasteiger partial charge in [-0.2, -0.15) is 0 Å². The summed E-state index contributed by atoms with van der Waals surface area (Å²) in [6, 6.07) is 6.19. The summed E-state index contributed by atoms with van der Waals surface area (Å²) in [6.45, 7) is 4.90. The summed E-state index contributed by atoms with van der Waals surface area (Å²) in [6.07, 6.45) is 7.15. The minimum absolute atomic E-state index is 0.110. The maximum absolute atomic E-state index is 12.8. The number of carbonyl (C=O) groups is 2. The molecule has 0 spiro atoms. The molecule has 8 nitrogen and oxygen atoms in total. The van der Waals surface area contributed by atoms with Gasteiger partial charge >= 0.3 is 5.97 Å². The fourth-order valence-electron chi connectivity index (χ4n) is 4.95. The molecule has 0 atom stereocenters. The summed E-state index contributed by atoms with van der Waals surface area (Å²) in [5.74, 6) is 0.0382. The summed E-state index contributed by atoms with van der Waals surface area (Å²) >= 11 is 0. The average molecular weight is 443 g/mol. The summed E-state index contributed by atoms with van der Waals surface area (Å²) in [5, 5.41) is 3.69. The molecule has 1 aromatic carbocycles. The van der Waals surface area contributed by atoms with Crippen LogP contribution in [0.5, 0.6) is 5.75 Å². The van der Waals surface area contributed by atoms with Crippen LogP contribution in [0, 0.1) is 0 Å². The highest BCUT2D eigenvalue weighted by atomic mass is 16.5. The number of esters is 1. The second kappa shape index (κ2) is 10.4. The van der Waals surface area contributed by atoms with Crippen LogP contribution in [-0.4, -0.2) is 79.6 Å². The van der Waals surface area contributed by atoms with Gasteiger partial charge in [-0.25, -0.2) is 4.79 Å². The molecule has 1 saturated heterocycles. The Labute approximate surface area is 189 Å². The number of hydrogen-bond donors (Lipinski definition) is 2. The molecule has 2 fully saturated rings. The van der Waals surface area contributed by atoms with Gasteiger partial charge in [0.2, 0.25) is 5.91 Å². The topological polar surface area (TPSA) is 86.9 Å². The average Bonchev–Trinajstić information content (AvgIpc) is 3.20. The first-order chi connectivity index (χ1) is 15.6. The predicted molar refractivity (Wildman–Crippen MR) is 124 cm³/mol. The third-order valence-electron chi connectivity index (χ3n) is 6.81. The molecule has 174 valence electrons. The number of ether oxygens (including phenoxy) is 2. The number of piperazine rings is 1. The number of rotatable bonds is 7. The number of hydrogen-bond acceptors (Lipinski definition) is 6. The number of nitrogens with zero attached hydrogens (tertiary/aromatic N) is 2. The van der Waals surface area contributed by atoms with E-state index in [1.807, 2.05) is 6.07 Å². The first-order valence-corrected chi connectivity index (χ1v) is 11.6. The van der Waals surface area contributed by atoms with Crippen LogP contribution in [0.3, 0.4) is 0 Å². The lowest BCUT2D eigenvalue weighted by molar-refractivity contribution is -0.116. The zero-order valence-electron chi connectivity index (χ0n) is 19.1. The van der Waals surface area contributed by atoms with E-state index in [-0.39, 0.29) is 11.6 Å². The van der Waals surface area contributed by atoms with Gasteiger partial charge in [-0.15, -0.1) is 0 Å². The smallest absolute Gasteiger partial charge is 0.356 e. The van der Waals surface area contributed by atoms with Crippen molar-refractivity contribution in [2.24, 2.45) is 0 Å². The third kappa shape index (κ3) is 5.07. The van der Waals surface area contributed by atoms with Gasteiger partial charge in [0.15, 0.2) is 0 Å². The van der Waals surface area contributed by atoms with E-state index < -0.39 is 5.97 Å². The highest BCUT2D eigenvalue weighted by molar-refractivity contribution is 6.11. The SMILES string of the molecule is COC(=O)c1[nH]c2cc(OC)ccc2c1NC(=O)CCN1CCN(C2CCCCC2)CC1. The van der Waals surface area contributed by atoms with Crippen LogP contribution in [0.4, 0.5) is 5.69 Å². The van der Waals surface area contributed by atoms with Gasteiger partial charge in [-0.3, -0.25) is 9.69 Å². The van der Waals surface area contributed by atoms with E-state index in [1.165, 1.54) is 39.2 Å². The Morgan fingerprint density at radius 2 is 1.84 bits per heavy atom. The molecule has 2 heterocycles. The Hall–Kier alpha value is -2.58. The highest BCUT2D eigenvalue weighted by Crippen LogP contribution is 2.31. The zero-order valence-corrected chi connectivity index (χ0v) is 19.1. The van der Waals surface area contributed by atoms with Gasteiger partial charge in [-0.1, -0.05) is 19.3 Å². The molecular formula is C24H34N4O4. The van der Waals surface area contributed by atoms with Crippen LogP contribution in [0.2, 0.25) is 0 Å². The quantitative estimate of drug-likeness (QED) is 0.640. The Bertz CT molecular complexity index is 943. The summed E-state index contributed by atoms with van der Waals surface area (Å²) in [7, 11) is 2.91. The van der Waals surface area contributed by atoms with E-state index in [9.17, 15) is 9.59 Å². The number of aromatic amines is 1. The molecule has 0 radical (unpaired) electrons. The molecule has 0 bridgehead atoms. The van der Waals surface area contributed by atoms with Crippen molar-refractivity contribution in [2.45, 2.75) is 44.6 Å². The van der Waals surface area contributed by atoms with Crippen molar-refractivity contribution in [3.63, 3.8) is 0 Å². The van der Waals surface area contributed by atoms with E-state index in [1.54, 1.807) is 19.2 Å². The number of fused-ring (bicyclic) bond motifs is 1. The van der Waals surface area contributed by atoms with E-state index in [2.05, 4.69) is 20.1 Å². The van der Waals surface area contributed by atoms with Crippen LogP contribution in [0.15, 0.2) is 18.2 Å². The highest BCUT2D eigenvalue weighted by Gasteiger charge is 2.26. The fraction of sp³-hybridized carbons (Fsp3) is 0.583. The van der Waals surface area contributed by atoms with Crippen molar-refractivity contribution in [3.8, 4) is 5.75 Å². The molecule has 32 heavy (non-hydrogen) atoms. The van der Waals surface area contributed by atoms with E-state index in [0.717, 1.165) is 37.6 Å². The Morgan fingerprint density at radius 3 is 2.53 bits per heavy atom. The van der Waals surface area contributed by atoms with Gasteiger partial charge < -0.3 is 24.7 Å². The maximum atomic E-state index is 12.8. The van der Waals surface area contributed by atoms with Crippen molar-refractivity contribution < 1.29 is 19.1 Å². The van der Waals surface area contributed by atoms with Crippen molar-refractivity contribution in [3.05, 3.63) is 23.9 Å². The molecule has 1 aliphatic carbocycles. The molecule has 0 unspecified atom stereocenters. The maximum Gasteiger partial charge on any atom is 0.356 e. The molecule has 2 N–H and O–H groups in total. The minimum atomic E-state index is -0.519. The van der Waals surface area contributed by atoms with Gasteiger partial charge in [0.25, 0.3) is 0 Å². The first kappa shape index (κ1) is 22.6. The number of amides is 1. The minimum Gasteiger partial charge on any atom is -0.497 e. The van der Waals surface area contributed by atoms with Gasteiger partial charge in [0.05, 0.1) is 25.4 Å². The molecule has 1 aliphatic heterocycles. The largest absolute Gasteiger partial charge is 0.497 e. The fourth-order valence-corrected chi connectivity index (χ4v) is 4.95. The number of carbonyl (C=O) groups excluding carboxylic acids is 2. The van der Waals surface area contributed by atoms with Crippen LogP contribution < -0.4 is 10.1 Å². The molecule has 1 saturated carbocycles. The van der Waals surface area contributed by atoms with E-state index >= 15 is 0 Å². The predicted octanol–water partition coefficient (Wildman–Crippen LogP) is 3.24. The van der Waals surface area contributed by atoms with Crippen molar-refractivity contribution in [2.75, 3.05) is 52.3 Å². The number of methoxy groups -OCH3 is 2. The van der Waals surface area contributed by atoms with Gasteiger partial charge in [-0.05, 0) is 25.0 Å². The second-order valence-electron chi connectivity index (χ2n) is 8.75. The third-order valence-corrected chi connectivity index (χ3v) is 6.81. The molecule has 1 aromatic heterocycles. The summed E-state index contributed by atoms with van der Waals surface area (Å²) < 4.78 is 10.2. The van der Waals surface area contributed by atoms with Crippen molar-refractivity contribution >= 4 is 28.5 Å². The monoisotopic (exact) mass is 442 g/mol. The summed E-state index contributed by atoms with van der Waals surface area (Å²) in [4.78, 5) is 33.1. The molecule has 4 rings (SSSR count). The molecule has 2 aliphatic rings. The zero-order chi connectivity index (χ0) is 22.5. The molecule has 8 heteroatoms. The molecule has 1 amide bonds. The van der Waals surface area contributed by atoms with E-state index in [0.29, 0.717) is 29.9 Å². The lowest BCUT2D eigenvalue weighted by Gasteiger charge is -2.40. The normalized spacial score (nSPS) is 18.6. The second-order valence-corrected chi connectivity index (χ2v) is 8.75. The molecule has 2 aromatic rings. The summed E-state index contributed by atoms with van der Waals surface area (Å²) in [5.41, 5.74) is 1.41.